The van der Waals surface area contributed by atoms with Crippen LogP contribution in [0, 0.1) is 5.82 Å². The largest absolute Gasteiger partial charge is 0.421 e. The standard InChI is InChI=1S/C40H41F4N9O6S/c1-50(22-24-7-12-29-33(34(24)41)38(57)53(37(29)56)31-13-14-32(54)48-36(31)55)26-15-17-52(18-16-26)27-10-8-25(9-11-27)47-39-46-21-30(40(42,43)44)35(49-39)45-20-23-5-4-6-28(19-23)51(2)60(3,58)59/h4-12,19,21,26,31H,13-18,20,22H2,1-3H3,(H,48,54,55)(H2,45,46,47,49). The Bertz CT molecular complexity index is 2460. The highest BCUT2D eigenvalue weighted by Crippen LogP contribution is 2.35. The maximum atomic E-state index is 15.9. The molecular formula is C40H41F4N9O6S. The van der Waals surface area contributed by atoms with Gasteiger partial charge in [0.05, 0.1) is 23.1 Å². The minimum Gasteiger partial charge on any atom is -0.371 e. The van der Waals surface area contributed by atoms with Gasteiger partial charge >= 0.3 is 6.18 Å². The SMILES string of the molecule is CN(Cc1ccc2c(c1F)C(=O)N(C1CCC(=O)NC1=O)C2=O)C1CCN(c2ccc(Nc3ncc(C(F)(F)F)c(NCc4cccc(N(C)S(C)(=O)=O)c4)n3)cc2)CC1. The highest BCUT2D eigenvalue weighted by molar-refractivity contribution is 7.92. The van der Waals surface area contributed by atoms with Gasteiger partial charge in [-0.25, -0.2) is 17.8 Å². The summed E-state index contributed by atoms with van der Waals surface area (Å²) in [6.45, 7) is 1.44. The van der Waals surface area contributed by atoms with E-state index in [1.807, 2.05) is 24.1 Å². The van der Waals surface area contributed by atoms with Crippen molar-refractivity contribution in [2.45, 2.75) is 57.0 Å². The lowest BCUT2D eigenvalue weighted by atomic mass is 10.0. The molecule has 20 heteroatoms. The van der Waals surface area contributed by atoms with Crippen LogP contribution in [0.15, 0.2) is 66.9 Å². The summed E-state index contributed by atoms with van der Waals surface area (Å²) < 4.78 is 82.6. The number of carbonyl (C=O) groups excluding carboxylic acids is 4. The van der Waals surface area contributed by atoms with Gasteiger partial charge in [0.1, 0.15) is 23.2 Å². The fourth-order valence-electron chi connectivity index (χ4n) is 7.55. The molecule has 2 saturated heterocycles. The molecule has 0 saturated carbocycles. The molecule has 0 aliphatic carbocycles. The maximum absolute atomic E-state index is 15.9. The number of nitrogens with one attached hydrogen (secondary N) is 3. The van der Waals surface area contributed by atoms with Crippen molar-refractivity contribution in [1.29, 1.82) is 0 Å². The molecule has 4 amide bonds. The third kappa shape index (κ3) is 8.74. The van der Waals surface area contributed by atoms with Gasteiger partial charge in [0.25, 0.3) is 11.8 Å². The van der Waals surface area contributed by atoms with Gasteiger partial charge in [0.2, 0.25) is 27.8 Å². The number of sulfonamides is 1. The predicted molar refractivity (Wildman–Crippen MR) is 214 cm³/mol. The highest BCUT2D eigenvalue weighted by atomic mass is 32.2. The number of nitrogens with zero attached hydrogens (tertiary/aromatic N) is 6. The van der Waals surface area contributed by atoms with Crippen LogP contribution in [0.2, 0.25) is 0 Å². The number of imide groups is 2. The van der Waals surface area contributed by atoms with Crippen molar-refractivity contribution < 1.29 is 45.2 Å². The molecule has 0 radical (unpaired) electrons. The van der Waals surface area contributed by atoms with Crippen molar-refractivity contribution in [2.24, 2.45) is 0 Å². The van der Waals surface area contributed by atoms with E-state index in [9.17, 15) is 40.8 Å². The second-order valence-corrected chi connectivity index (χ2v) is 16.9. The quantitative estimate of drug-likeness (QED) is 0.130. The Balaban J connectivity index is 0.950. The van der Waals surface area contributed by atoms with Gasteiger partial charge in [-0.2, -0.15) is 18.2 Å². The molecule has 3 aromatic carbocycles. The van der Waals surface area contributed by atoms with E-state index in [0.717, 1.165) is 34.0 Å². The molecule has 0 spiro atoms. The number of fused-ring (bicyclic) bond motifs is 1. The summed E-state index contributed by atoms with van der Waals surface area (Å²) in [5.74, 6) is -4.27. The number of amides is 4. The Hall–Kier alpha value is -6.15. The third-order valence-corrected chi connectivity index (χ3v) is 12.2. The number of carbonyl (C=O) groups is 4. The van der Waals surface area contributed by atoms with Crippen LogP contribution in [0.1, 0.15) is 63.1 Å². The molecule has 1 atom stereocenters. The molecule has 0 bridgehead atoms. The molecule has 3 aliphatic rings. The Morgan fingerprint density at radius 1 is 0.950 bits per heavy atom. The van der Waals surface area contributed by atoms with E-state index < -0.39 is 63.1 Å². The number of hydrogen-bond acceptors (Lipinski definition) is 12. The minimum absolute atomic E-state index is 0.0283. The molecule has 15 nitrogen and oxygen atoms in total. The normalized spacial score (nSPS) is 17.6. The number of hydrogen-bond donors (Lipinski definition) is 3. The Morgan fingerprint density at radius 2 is 1.67 bits per heavy atom. The van der Waals surface area contributed by atoms with E-state index in [4.69, 9.17) is 0 Å². The van der Waals surface area contributed by atoms with Crippen molar-refractivity contribution in [3.63, 3.8) is 0 Å². The Labute approximate surface area is 342 Å². The van der Waals surface area contributed by atoms with Crippen molar-refractivity contribution in [2.75, 3.05) is 53.3 Å². The molecular weight excluding hydrogens is 811 g/mol. The number of piperidine rings is 2. The monoisotopic (exact) mass is 851 g/mol. The molecule has 1 aromatic heterocycles. The molecule has 2 fully saturated rings. The smallest absolute Gasteiger partial charge is 0.371 e. The zero-order valence-corrected chi connectivity index (χ0v) is 33.5. The lowest BCUT2D eigenvalue weighted by Crippen LogP contribution is -2.54. The van der Waals surface area contributed by atoms with Gasteiger partial charge in [0, 0.05) is 68.8 Å². The van der Waals surface area contributed by atoms with Crippen LogP contribution >= 0.6 is 0 Å². The number of benzene rings is 3. The molecule has 316 valence electrons. The van der Waals surface area contributed by atoms with Crippen LogP contribution < -0.4 is 25.2 Å². The van der Waals surface area contributed by atoms with Crippen LogP contribution in [0.25, 0.3) is 0 Å². The first-order chi connectivity index (χ1) is 28.4. The summed E-state index contributed by atoms with van der Waals surface area (Å²) in [4.78, 5) is 63.3. The summed E-state index contributed by atoms with van der Waals surface area (Å²) in [5.41, 5.74) is 1.01. The first-order valence-corrected chi connectivity index (χ1v) is 20.8. The van der Waals surface area contributed by atoms with Crippen LogP contribution in [0.5, 0.6) is 0 Å². The molecule has 7 rings (SSSR count). The molecule has 4 heterocycles. The number of aromatic nitrogens is 2. The molecule has 3 aliphatic heterocycles. The fourth-order valence-corrected chi connectivity index (χ4v) is 8.05. The summed E-state index contributed by atoms with van der Waals surface area (Å²) in [6, 6.07) is 15.4. The van der Waals surface area contributed by atoms with Crippen molar-refractivity contribution >= 4 is 62.5 Å². The van der Waals surface area contributed by atoms with Crippen LogP contribution in [0.3, 0.4) is 0 Å². The first-order valence-electron chi connectivity index (χ1n) is 18.9. The van der Waals surface area contributed by atoms with Crippen LogP contribution in [-0.4, -0.2) is 97.3 Å². The number of alkyl halides is 3. The van der Waals surface area contributed by atoms with Gasteiger partial charge < -0.3 is 15.5 Å². The number of halogens is 4. The minimum atomic E-state index is -4.74. The maximum Gasteiger partial charge on any atom is 0.421 e. The van der Waals surface area contributed by atoms with Gasteiger partial charge in [-0.3, -0.25) is 38.6 Å². The lowest BCUT2D eigenvalue weighted by molar-refractivity contribution is -0.138. The summed E-state index contributed by atoms with van der Waals surface area (Å²) in [7, 11) is -0.307. The topological polar surface area (TPSA) is 177 Å². The lowest BCUT2D eigenvalue weighted by Gasteiger charge is -2.38. The van der Waals surface area contributed by atoms with Crippen LogP contribution in [-0.2, 0) is 38.9 Å². The third-order valence-electron chi connectivity index (χ3n) is 10.9. The summed E-state index contributed by atoms with van der Waals surface area (Å²) in [6.07, 6.45) is -1.61. The van der Waals surface area contributed by atoms with E-state index >= 15 is 4.39 Å². The van der Waals surface area contributed by atoms with Gasteiger partial charge in [-0.1, -0.05) is 18.2 Å². The zero-order chi connectivity index (χ0) is 43.1. The average molecular weight is 852 g/mol. The van der Waals surface area contributed by atoms with E-state index in [0.29, 0.717) is 36.2 Å². The van der Waals surface area contributed by atoms with Crippen molar-refractivity contribution in [3.8, 4) is 0 Å². The fraction of sp³-hybridized carbons (Fsp3) is 0.350. The second-order valence-electron chi connectivity index (χ2n) is 14.9. The molecule has 4 aromatic rings. The van der Waals surface area contributed by atoms with E-state index in [1.54, 1.807) is 36.4 Å². The first kappa shape index (κ1) is 42.0. The van der Waals surface area contributed by atoms with Crippen molar-refractivity contribution in [1.82, 2.24) is 25.1 Å². The summed E-state index contributed by atoms with van der Waals surface area (Å²) >= 11 is 0. The van der Waals surface area contributed by atoms with Gasteiger partial charge in [0.15, 0.2) is 0 Å². The van der Waals surface area contributed by atoms with Gasteiger partial charge in [-0.15, -0.1) is 0 Å². The molecule has 3 N–H and O–H groups in total. The number of anilines is 5. The zero-order valence-electron chi connectivity index (χ0n) is 32.7. The van der Waals surface area contributed by atoms with Gasteiger partial charge in [-0.05, 0) is 74.3 Å². The van der Waals surface area contributed by atoms with Crippen molar-refractivity contribution in [3.05, 3.63) is 100 Å². The van der Waals surface area contributed by atoms with E-state index in [-0.39, 0.29) is 54.6 Å². The molecule has 60 heavy (non-hydrogen) atoms. The highest BCUT2D eigenvalue weighted by Gasteiger charge is 2.46. The number of rotatable bonds is 12. The van der Waals surface area contributed by atoms with E-state index in [1.165, 1.54) is 19.2 Å². The van der Waals surface area contributed by atoms with E-state index in [2.05, 4.69) is 30.8 Å². The predicted octanol–water partition coefficient (Wildman–Crippen LogP) is 4.89. The van der Waals surface area contributed by atoms with Crippen LogP contribution in [0.4, 0.5) is 46.4 Å². The summed E-state index contributed by atoms with van der Waals surface area (Å²) in [5, 5.41) is 7.80. The Kier molecular flexibility index (Phi) is 11.5. The second kappa shape index (κ2) is 16.5. The molecule has 1 unspecified atom stereocenters. The average Bonchev–Trinajstić information content (AvgIpc) is 3.46. The Morgan fingerprint density at radius 3 is 2.33 bits per heavy atom.